The average molecular weight is 496 g/mol. The van der Waals surface area contributed by atoms with E-state index >= 15 is 0 Å². The zero-order chi connectivity index (χ0) is 25.0. The van der Waals surface area contributed by atoms with Crippen LogP contribution in [-0.4, -0.2) is 31.1 Å². The number of carbonyl (C=O) groups is 1. The zero-order valence-electron chi connectivity index (χ0n) is 20.7. The highest BCUT2D eigenvalue weighted by atomic mass is 32.2. The van der Waals surface area contributed by atoms with Gasteiger partial charge in [-0.05, 0) is 72.9 Å². The van der Waals surface area contributed by atoms with Gasteiger partial charge < -0.3 is 0 Å². The Labute approximate surface area is 212 Å². The molecular weight excluding hydrogens is 466 g/mol. The smallest absolute Gasteiger partial charge is 0.243 e. The minimum atomic E-state index is -3.61. The summed E-state index contributed by atoms with van der Waals surface area (Å²) in [5, 5.41) is 0. The number of carbonyl (C=O) groups excluding carboxylic acids is 1. The highest BCUT2D eigenvalue weighted by molar-refractivity contribution is 7.89. The van der Waals surface area contributed by atoms with E-state index in [-0.39, 0.29) is 29.6 Å². The normalized spacial score (nSPS) is 34.7. The number of allylic oxidation sites excluding steroid dienone is 2. The summed E-state index contributed by atoms with van der Waals surface area (Å²) in [5.74, 6) is 0.607. The highest BCUT2D eigenvalue weighted by Gasteiger charge is 2.83. The maximum Gasteiger partial charge on any atom is 0.243 e. The highest BCUT2D eigenvalue weighted by Crippen LogP contribution is 2.80. The van der Waals surface area contributed by atoms with Crippen LogP contribution in [0.5, 0.6) is 0 Å². The lowest BCUT2D eigenvalue weighted by Crippen LogP contribution is -2.76. The first-order valence-electron chi connectivity index (χ1n) is 12.7. The van der Waals surface area contributed by atoms with Gasteiger partial charge in [0, 0.05) is 12.6 Å². The number of nitrogens with zero attached hydrogens (tertiary/aromatic N) is 1. The largest absolute Gasteiger partial charge is 0.298 e. The molecule has 7 rings (SSSR count). The third-order valence-corrected chi connectivity index (χ3v) is 11.6. The summed E-state index contributed by atoms with van der Waals surface area (Å²) in [7, 11) is -3.61. The molecule has 3 fully saturated rings. The number of ketones is 1. The second kappa shape index (κ2) is 7.05. The summed E-state index contributed by atoms with van der Waals surface area (Å²) in [6.07, 6.45) is 0. The molecule has 6 atom stereocenters. The van der Waals surface area contributed by atoms with E-state index in [0.29, 0.717) is 11.4 Å². The summed E-state index contributed by atoms with van der Waals surface area (Å²) in [6, 6.07) is 27.5. The molecule has 5 heteroatoms. The van der Waals surface area contributed by atoms with Crippen molar-refractivity contribution in [3.8, 4) is 0 Å². The van der Waals surface area contributed by atoms with Crippen LogP contribution in [0.1, 0.15) is 30.5 Å². The molecule has 6 unspecified atom stereocenters. The van der Waals surface area contributed by atoms with Crippen molar-refractivity contribution in [2.45, 2.75) is 31.7 Å². The predicted molar refractivity (Wildman–Crippen MR) is 140 cm³/mol. The van der Waals surface area contributed by atoms with Crippen LogP contribution in [0.2, 0.25) is 0 Å². The molecule has 0 radical (unpaired) electrons. The molecule has 4 aliphatic rings. The number of piperidine rings is 1. The molecule has 4 nitrogen and oxygen atoms in total. The minimum absolute atomic E-state index is 0.0170. The number of Topliss-reactive ketones (excluding diaryl/α,β-unsaturated/α-hetero) is 1. The van der Waals surface area contributed by atoms with E-state index in [1.165, 1.54) is 0 Å². The van der Waals surface area contributed by atoms with E-state index in [1.54, 1.807) is 16.4 Å². The lowest BCUT2D eigenvalue weighted by atomic mass is 9.44. The molecule has 36 heavy (non-hydrogen) atoms. The summed E-state index contributed by atoms with van der Waals surface area (Å²) >= 11 is 0. The van der Waals surface area contributed by atoms with Gasteiger partial charge in [-0.25, -0.2) is 8.42 Å². The molecule has 1 aliphatic heterocycles. The van der Waals surface area contributed by atoms with Crippen LogP contribution in [0.15, 0.2) is 89.8 Å². The van der Waals surface area contributed by atoms with E-state index in [0.717, 1.165) is 27.8 Å². The Morgan fingerprint density at radius 3 is 1.78 bits per heavy atom. The van der Waals surface area contributed by atoms with Crippen molar-refractivity contribution in [2.24, 2.45) is 28.6 Å². The molecule has 1 heterocycles. The Morgan fingerprint density at radius 1 is 0.750 bits per heavy atom. The number of hydrogen-bond acceptors (Lipinski definition) is 3. The molecule has 0 spiro atoms. The fourth-order valence-corrected chi connectivity index (χ4v) is 9.96. The number of benzene rings is 3. The maximum absolute atomic E-state index is 14.4. The van der Waals surface area contributed by atoms with Crippen LogP contribution in [0.4, 0.5) is 0 Å². The standard InChI is InChI=1S/C31H29NO3S/c1-19-14-16-22(17-15-19)36(34,35)32-18-23-26-27(28(23)32)31(3)25(21-12-8-5-9-13-21)24(30(26,2)29(31)33)20-10-6-4-7-11-20/h4-17,23,26-28H,18H2,1-3H3. The van der Waals surface area contributed by atoms with Gasteiger partial charge in [-0.3, -0.25) is 4.79 Å². The van der Waals surface area contributed by atoms with E-state index in [1.807, 2.05) is 55.5 Å². The number of fused-ring (bicyclic) bond motifs is 8. The Morgan fingerprint density at radius 2 is 1.25 bits per heavy atom. The molecule has 2 saturated carbocycles. The molecule has 3 aromatic carbocycles. The number of aryl methyl sites for hydroxylation is 1. The van der Waals surface area contributed by atoms with E-state index < -0.39 is 20.9 Å². The molecule has 0 aromatic heterocycles. The lowest BCUT2D eigenvalue weighted by molar-refractivity contribution is -0.146. The van der Waals surface area contributed by atoms with Crippen LogP contribution < -0.4 is 0 Å². The molecule has 1 saturated heterocycles. The van der Waals surface area contributed by atoms with Crippen molar-refractivity contribution in [3.63, 3.8) is 0 Å². The number of hydrogen-bond donors (Lipinski definition) is 0. The van der Waals surface area contributed by atoms with Gasteiger partial charge in [-0.2, -0.15) is 4.31 Å². The fourth-order valence-electron chi connectivity index (χ4n) is 8.23. The van der Waals surface area contributed by atoms with Gasteiger partial charge in [0.15, 0.2) is 5.78 Å². The van der Waals surface area contributed by atoms with Crippen molar-refractivity contribution in [1.29, 1.82) is 0 Å². The van der Waals surface area contributed by atoms with Crippen molar-refractivity contribution >= 4 is 27.0 Å². The summed E-state index contributed by atoms with van der Waals surface area (Å²) < 4.78 is 29.0. The topological polar surface area (TPSA) is 54.5 Å². The first-order chi connectivity index (χ1) is 17.2. The van der Waals surface area contributed by atoms with Crippen molar-refractivity contribution < 1.29 is 13.2 Å². The molecular formula is C31H29NO3S. The van der Waals surface area contributed by atoms with Crippen LogP contribution >= 0.6 is 0 Å². The van der Waals surface area contributed by atoms with Gasteiger partial charge in [0.1, 0.15) is 0 Å². The summed E-state index contributed by atoms with van der Waals surface area (Å²) in [6.45, 7) is 6.66. The third kappa shape index (κ3) is 2.43. The Hall–Kier alpha value is -3.02. The maximum atomic E-state index is 14.4. The second-order valence-electron chi connectivity index (χ2n) is 11.3. The van der Waals surface area contributed by atoms with E-state index in [4.69, 9.17) is 0 Å². The van der Waals surface area contributed by atoms with Gasteiger partial charge >= 0.3 is 0 Å². The van der Waals surface area contributed by atoms with E-state index in [2.05, 4.69) is 38.1 Å². The second-order valence-corrected chi connectivity index (χ2v) is 13.2. The zero-order valence-corrected chi connectivity index (χ0v) is 21.5. The predicted octanol–water partition coefficient (Wildman–Crippen LogP) is 5.45. The van der Waals surface area contributed by atoms with Crippen molar-refractivity contribution in [1.82, 2.24) is 4.31 Å². The molecule has 0 amide bonds. The fraction of sp³-hybridized carbons (Fsp3) is 0.323. The first kappa shape index (κ1) is 22.2. The molecule has 2 bridgehead atoms. The Bertz CT molecular complexity index is 1540. The first-order valence-corrected chi connectivity index (χ1v) is 14.2. The monoisotopic (exact) mass is 495 g/mol. The van der Waals surface area contributed by atoms with Crippen LogP contribution in [-0.2, 0) is 14.8 Å². The SMILES string of the molecule is Cc1ccc(S(=O)(=O)N2CC3C2C2C3C3(C)C(=O)C2(C)C(c2ccccc2)=C3c2ccccc2)cc1. The minimum Gasteiger partial charge on any atom is -0.298 e. The third-order valence-electron chi connectivity index (χ3n) is 9.70. The van der Waals surface area contributed by atoms with Gasteiger partial charge in [0.2, 0.25) is 10.0 Å². The van der Waals surface area contributed by atoms with E-state index in [9.17, 15) is 13.2 Å². The van der Waals surface area contributed by atoms with Crippen molar-refractivity contribution in [3.05, 3.63) is 102 Å². The van der Waals surface area contributed by atoms with Crippen LogP contribution in [0.3, 0.4) is 0 Å². The Balaban J connectivity index is 1.38. The molecule has 3 aliphatic carbocycles. The van der Waals surface area contributed by atoms with Gasteiger partial charge in [-0.1, -0.05) is 78.4 Å². The van der Waals surface area contributed by atoms with Crippen molar-refractivity contribution in [2.75, 3.05) is 6.54 Å². The lowest BCUT2D eigenvalue weighted by Gasteiger charge is -2.68. The molecule has 0 N–H and O–H groups in total. The Kier molecular flexibility index (Phi) is 4.35. The summed E-state index contributed by atoms with van der Waals surface area (Å²) in [4.78, 5) is 14.8. The van der Waals surface area contributed by atoms with Crippen LogP contribution in [0.25, 0.3) is 11.1 Å². The van der Waals surface area contributed by atoms with Gasteiger partial charge in [-0.15, -0.1) is 0 Å². The van der Waals surface area contributed by atoms with Gasteiger partial charge in [0.25, 0.3) is 0 Å². The van der Waals surface area contributed by atoms with Gasteiger partial charge in [0.05, 0.1) is 15.7 Å². The summed E-state index contributed by atoms with van der Waals surface area (Å²) in [5.41, 5.74) is 4.07. The van der Waals surface area contributed by atoms with Crippen LogP contribution in [0, 0.1) is 35.5 Å². The number of sulfonamides is 1. The quantitative estimate of drug-likeness (QED) is 0.484. The molecule has 182 valence electrons. The molecule has 3 aromatic rings. The number of rotatable bonds is 4. The average Bonchev–Trinajstić information content (AvgIpc) is 3.13.